The molecule has 1 aromatic rings. The summed E-state index contributed by atoms with van der Waals surface area (Å²) >= 11 is 0. The zero-order valence-corrected chi connectivity index (χ0v) is 11.9. The van der Waals surface area contributed by atoms with Crippen molar-refractivity contribution >= 4 is 5.82 Å². The summed E-state index contributed by atoms with van der Waals surface area (Å²) in [6, 6.07) is 2.50. The Hall–Kier alpha value is -1.16. The van der Waals surface area contributed by atoms with Crippen LogP contribution in [0.25, 0.3) is 0 Å². The molecule has 1 aliphatic heterocycles. The number of rotatable bonds is 3. The fraction of sp³-hybridized carbons (Fsp3) is 0.714. The number of aromatic nitrogens is 2. The molecule has 0 aromatic carbocycles. The van der Waals surface area contributed by atoms with E-state index >= 15 is 0 Å². The summed E-state index contributed by atoms with van der Waals surface area (Å²) in [6.45, 7) is 10.6. The summed E-state index contributed by atoms with van der Waals surface area (Å²) in [4.78, 5) is 8.71. The summed E-state index contributed by atoms with van der Waals surface area (Å²) in [6.07, 6.45) is 2.56. The van der Waals surface area contributed by atoms with Gasteiger partial charge in [-0.1, -0.05) is 13.8 Å². The van der Waals surface area contributed by atoms with Crippen LogP contribution in [0.3, 0.4) is 0 Å². The Morgan fingerprint density at radius 3 is 2.83 bits per heavy atom. The molecule has 0 aliphatic carbocycles. The van der Waals surface area contributed by atoms with Gasteiger partial charge in [0.1, 0.15) is 11.6 Å². The smallest absolute Gasteiger partial charge is 0.129 e. The molecule has 1 unspecified atom stereocenters. The maximum atomic E-state index is 4.42. The third-order valence-electron chi connectivity index (χ3n) is 3.79. The summed E-state index contributed by atoms with van der Waals surface area (Å²) in [5.74, 6) is 1.76. The summed E-state index contributed by atoms with van der Waals surface area (Å²) in [5, 5.41) is 7.04. The number of nitrogens with one attached hydrogen (secondary N) is 2. The minimum atomic E-state index is 0.350. The third-order valence-corrected chi connectivity index (χ3v) is 3.79. The van der Waals surface area contributed by atoms with Crippen molar-refractivity contribution < 1.29 is 0 Å². The van der Waals surface area contributed by atoms with E-state index in [1.807, 2.05) is 19.9 Å². The third kappa shape index (κ3) is 3.19. The number of piperidine rings is 1. The molecule has 0 amide bonds. The van der Waals surface area contributed by atoms with E-state index in [4.69, 9.17) is 0 Å². The van der Waals surface area contributed by atoms with Gasteiger partial charge >= 0.3 is 0 Å². The van der Waals surface area contributed by atoms with Crippen LogP contribution in [0, 0.1) is 19.3 Å². The summed E-state index contributed by atoms with van der Waals surface area (Å²) in [7, 11) is 0. The van der Waals surface area contributed by atoms with Gasteiger partial charge in [-0.3, -0.25) is 0 Å². The van der Waals surface area contributed by atoms with Crippen molar-refractivity contribution in [3.05, 3.63) is 17.6 Å². The Balaban J connectivity index is 1.98. The van der Waals surface area contributed by atoms with Crippen LogP contribution in [-0.2, 0) is 0 Å². The molecule has 100 valence electrons. The Morgan fingerprint density at radius 2 is 2.17 bits per heavy atom. The molecule has 0 saturated carbocycles. The minimum Gasteiger partial charge on any atom is -0.368 e. The highest BCUT2D eigenvalue weighted by Crippen LogP contribution is 2.30. The van der Waals surface area contributed by atoms with Crippen LogP contribution < -0.4 is 10.6 Å². The van der Waals surface area contributed by atoms with Crippen LogP contribution in [0.5, 0.6) is 0 Å². The van der Waals surface area contributed by atoms with Crippen LogP contribution in [-0.4, -0.2) is 29.1 Å². The van der Waals surface area contributed by atoms with Crippen LogP contribution >= 0.6 is 0 Å². The van der Waals surface area contributed by atoms with Crippen molar-refractivity contribution in [1.29, 1.82) is 0 Å². The lowest BCUT2D eigenvalue weighted by atomic mass is 9.77. The monoisotopic (exact) mass is 248 g/mol. The van der Waals surface area contributed by atoms with Crippen LogP contribution in [0.1, 0.15) is 38.2 Å². The minimum absolute atomic E-state index is 0.350. The Kier molecular flexibility index (Phi) is 3.85. The van der Waals surface area contributed by atoms with E-state index in [0.717, 1.165) is 30.4 Å². The Morgan fingerprint density at radius 1 is 1.39 bits per heavy atom. The van der Waals surface area contributed by atoms with E-state index < -0.39 is 0 Å². The maximum Gasteiger partial charge on any atom is 0.129 e. The molecule has 1 aliphatic rings. The van der Waals surface area contributed by atoms with Crippen molar-refractivity contribution in [3.63, 3.8) is 0 Å². The average molecular weight is 248 g/mol. The van der Waals surface area contributed by atoms with Crippen molar-refractivity contribution in [2.24, 2.45) is 5.41 Å². The van der Waals surface area contributed by atoms with E-state index in [2.05, 4.69) is 34.4 Å². The van der Waals surface area contributed by atoms with Gasteiger partial charge in [0.2, 0.25) is 0 Å². The molecule has 0 bridgehead atoms. The van der Waals surface area contributed by atoms with Crippen LogP contribution in [0.4, 0.5) is 5.82 Å². The quantitative estimate of drug-likeness (QED) is 0.861. The van der Waals surface area contributed by atoms with Gasteiger partial charge < -0.3 is 10.6 Å². The molecule has 4 nitrogen and oxygen atoms in total. The van der Waals surface area contributed by atoms with Crippen molar-refractivity contribution in [1.82, 2.24) is 15.3 Å². The average Bonchev–Trinajstić information content (AvgIpc) is 2.25. The van der Waals surface area contributed by atoms with Crippen molar-refractivity contribution in [2.45, 2.75) is 46.6 Å². The van der Waals surface area contributed by atoms with Gasteiger partial charge in [0, 0.05) is 24.3 Å². The normalized spacial score (nSPS) is 22.8. The summed E-state index contributed by atoms with van der Waals surface area (Å²) < 4.78 is 0. The first-order valence-electron chi connectivity index (χ1n) is 6.77. The predicted molar refractivity (Wildman–Crippen MR) is 74.8 cm³/mol. The van der Waals surface area contributed by atoms with Gasteiger partial charge in [0.25, 0.3) is 0 Å². The lowest BCUT2D eigenvalue weighted by Crippen LogP contribution is -2.50. The second-order valence-electron chi connectivity index (χ2n) is 5.92. The van der Waals surface area contributed by atoms with Crippen LogP contribution in [0.15, 0.2) is 6.07 Å². The Labute approximate surface area is 110 Å². The van der Waals surface area contributed by atoms with E-state index in [1.165, 1.54) is 12.8 Å². The first kappa shape index (κ1) is 13.3. The predicted octanol–water partition coefficient (Wildman–Crippen LogP) is 2.28. The molecule has 2 heterocycles. The highest BCUT2D eigenvalue weighted by Gasteiger charge is 2.31. The molecular formula is C14H24N4. The highest BCUT2D eigenvalue weighted by molar-refractivity contribution is 5.36. The molecule has 1 saturated heterocycles. The first-order valence-corrected chi connectivity index (χ1v) is 6.77. The fourth-order valence-corrected chi connectivity index (χ4v) is 2.63. The molecule has 2 N–H and O–H groups in total. The molecular weight excluding hydrogens is 224 g/mol. The highest BCUT2D eigenvalue weighted by atomic mass is 15.1. The molecule has 1 atom stereocenters. The topological polar surface area (TPSA) is 49.8 Å². The van der Waals surface area contributed by atoms with Crippen LogP contribution in [0.2, 0.25) is 0 Å². The van der Waals surface area contributed by atoms with Gasteiger partial charge in [-0.05, 0) is 38.6 Å². The number of nitrogens with zero attached hydrogens (tertiary/aromatic N) is 2. The number of anilines is 1. The van der Waals surface area contributed by atoms with E-state index in [-0.39, 0.29) is 0 Å². The molecule has 0 spiro atoms. The lowest BCUT2D eigenvalue weighted by Gasteiger charge is -2.39. The Bertz CT molecular complexity index is 394. The molecule has 1 aromatic heterocycles. The van der Waals surface area contributed by atoms with E-state index in [0.29, 0.717) is 11.5 Å². The fourth-order valence-electron chi connectivity index (χ4n) is 2.63. The summed E-state index contributed by atoms with van der Waals surface area (Å²) in [5.41, 5.74) is 1.36. The first-order chi connectivity index (χ1) is 8.47. The maximum absolute atomic E-state index is 4.42. The van der Waals surface area contributed by atoms with Crippen molar-refractivity contribution in [2.75, 3.05) is 18.4 Å². The van der Waals surface area contributed by atoms with E-state index in [9.17, 15) is 0 Å². The molecule has 0 radical (unpaired) electrons. The molecule has 2 rings (SSSR count). The number of hydrogen-bond donors (Lipinski definition) is 2. The largest absolute Gasteiger partial charge is 0.368 e. The number of hydrogen-bond acceptors (Lipinski definition) is 4. The lowest BCUT2D eigenvalue weighted by molar-refractivity contribution is 0.188. The van der Waals surface area contributed by atoms with E-state index in [1.54, 1.807) is 0 Å². The van der Waals surface area contributed by atoms with Gasteiger partial charge in [-0.25, -0.2) is 9.97 Å². The molecule has 1 fully saturated rings. The van der Waals surface area contributed by atoms with Gasteiger partial charge in [0.05, 0.1) is 0 Å². The SMILES string of the molecule is Cc1cc(NCC2NCCCC2(C)C)nc(C)n1. The number of aryl methyl sites for hydroxylation is 2. The standard InChI is InChI=1S/C14H24N4/c1-10-8-13(18-11(2)17-10)16-9-12-14(3,4)6-5-7-15-12/h8,12,15H,5-7,9H2,1-4H3,(H,16,17,18). The second-order valence-corrected chi connectivity index (χ2v) is 5.92. The second kappa shape index (κ2) is 5.22. The molecule has 18 heavy (non-hydrogen) atoms. The van der Waals surface area contributed by atoms with Crippen molar-refractivity contribution in [3.8, 4) is 0 Å². The van der Waals surface area contributed by atoms with Gasteiger partial charge in [-0.2, -0.15) is 0 Å². The molecule has 4 heteroatoms. The zero-order chi connectivity index (χ0) is 13.2. The van der Waals surface area contributed by atoms with Gasteiger partial charge in [-0.15, -0.1) is 0 Å². The zero-order valence-electron chi connectivity index (χ0n) is 11.9. The van der Waals surface area contributed by atoms with Gasteiger partial charge in [0.15, 0.2) is 0 Å².